The summed E-state index contributed by atoms with van der Waals surface area (Å²) in [6, 6.07) is 5.62. The van der Waals surface area contributed by atoms with Crippen LogP contribution < -0.4 is 10.6 Å². The smallest absolute Gasteiger partial charge is 0.244 e. The Morgan fingerprint density at radius 2 is 2.26 bits per heavy atom. The molecule has 0 radical (unpaired) electrons. The second-order valence-corrected chi connectivity index (χ2v) is 5.62. The van der Waals surface area contributed by atoms with E-state index in [0.29, 0.717) is 13.2 Å². The van der Waals surface area contributed by atoms with Gasteiger partial charge in [-0.05, 0) is 54.1 Å². The van der Waals surface area contributed by atoms with E-state index in [0.717, 1.165) is 9.26 Å². The third-order valence-electron chi connectivity index (χ3n) is 3.04. The highest BCUT2D eigenvalue weighted by Crippen LogP contribution is 2.17. The van der Waals surface area contributed by atoms with Crippen LogP contribution in [0.2, 0.25) is 0 Å². The number of carbonyl (C=O) groups excluding carboxylic acids is 1. The van der Waals surface area contributed by atoms with E-state index in [1.165, 1.54) is 5.56 Å². The molecule has 1 aromatic rings. The van der Waals surface area contributed by atoms with Gasteiger partial charge in [-0.3, -0.25) is 4.79 Å². The van der Waals surface area contributed by atoms with Gasteiger partial charge in [-0.25, -0.2) is 0 Å². The van der Waals surface area contributed by atoms with E-state index in [9.17, 15) is 4.79 Å². The summed E-state index contributed by atoms with van der Waals surface area (Å²) in [4.78, 5) is 12.1. The molecule has 1 fully saturated rings. The lowest BCUT2D eigenvalue weighted by atomic mass is 10.1. The second-order valence-electron chi connectivity index (χ2n) is 4.46. The fourth-order valence-corrected chi connectivity index (χ4v) is 2.43. The molecule has 0 unspecified atom stereocenters. The summed E-state index contributed by atoms with van der Waals surface area (Å²) in [5.41, 5.74) is 2.04. The molecule has 106 valence electrons. The fraction of sp³-hybridized carbons (Fsp3) is 0.462. The lowest BCUT2D eigenvalue weighted by Crippen LogP contribution is -2.53. The molecule has 1 amide bonds. The summed E-state index contributed by atoms with van der Waals surface area (Å²) in [5.74, 6) is -0.0400. The molecule has 1 aromatic carbocycles. The van der Waals surface area contributed by atoms with Gasteiger partial charge in [0.25, 0.3) is 0 Å². The first kappa shape index (κ1) is 16.7. The lowest BCUT2D eigenvalue weighted by molar-refractivity contribution is -0.123. The van der Waals surface area contributed by atoms with Crippen molar-refractivity contribution in [2.75, 3.05) is 18.5 Å². The molecule has 2 rings (SSSR count). The van der Waals surface area contributed by atoms with Crippen molar-refractivity contribution in [3.05, 3.63) is 27.3 Å². The van der Waals surface area contributed by atoms with E-state index < -0.39 is 0 Å². The standard InChI is InChI=1S/C13H17IN2O2.ClH/c1-8-3-4-10(7-11(8)14)16-13(17)12-9(2)18-6-5-15-12;/h3-4,7,9,12,15H,5-6H2,1-2H3,(H,16,17);1H/t9-,12+;/m1./s1. The topological polar surface area (TPSA) is 50.4 Å². The van der Waals surface area contributed by atoms with E-state index in [1.54, 1.807) is 0 Å². The van der Waals surface area contributed by atoms with Crippen molar-refractivity contribution in [2.24, 2.45) is 0 Å². The van der Waals surface area contributed by atoms with E-state index in [-0.39, 0.29) is 30.5 Å². The van der Waals surface area contributed by atoms with Crippen LogP contribution in [0.5, 0.6) is 0 Å². The van der Waals surface area contributed by atoms with Gasteiger partial charge in [0.15, 0.2) is 0 Å². The number of amides is 1. The number of aryl methyl sites for hydroxylation is 1. The summed E-state index contributed by atoms with van der Waals surface area (Å²) in [5, 5.41) is 6.10. The number of nitrogens with one attached hydrogen (secondary N) is 2. The average molecular weight is 397 g/mol. The van der Waals surface area contributed by atoms with Gasteiger partial charge in [0.2, 0.25) is 5.91 Å². The first-order valence-electron chi connectivity index (χ1n) is 6.00. The number of halogens is 2. The molecule has 0 spiro atoms. The van der Waals surface area contributed by atoms with Crippen molar-refractivity contribution < 1.29 is 9.53 Å². The number of ether oxygens (including phenoxy) is 1. The molecule has 0 bridgehead atoms. The Morgan fingerprint density at radius 1 is 1.53 bits per heavy atom. The van der Waals surface area contributed by atoms with Crippen LogP contribution >= 0.6 is 35.0 Å². The summed E-state index contributed by atoms with van der Waals surface area (Å²) in [7, 11) is 0. The van der Waals surface area contributed by atoms with Gasteiger partial charge >= 0.3 is 0 Å². The van der Waals surface area contributed by atoms with Crippen LogP contribution in [0.4, 0.5) is 5.69 Å². The minimum atomic E-state index is -0.280. The van der Waals surface area contributed by atoms with Crippen LogP contribution in [0.15, 0.2) is 18.2 Å². The Hall–Kier alpha value is -0.370. The molecule has 2 atom stereocenters. The predicted octanol–water partition coefficient (Wildman–Crippen LogP) is 2.34. The highest BCUT2D eigenvalue weighted by atomic mass is 127. The predicted molar refractivity (Wildman–Crippen MR) is 87.0 cm³/mol. The molecule has 2 N–H and O–H groups in total. The zero-order chi connectivity index (χ0) is 13.1. The molecule has 1 aliphatic rings. The number of hydrogen-bond acceptors (Lipinski definition) is 3. The van der Waals surface area contributed by atoms with Gasteiger partial charge < -0.3 is 15.4 Å². The van der Waals surface area contributed by atoms with Crippen molar-refractivity contribution >= 4 is 46.6 Å². The third kappa shape index (κ3) is 4.30. The normalized spacial score (nSPS) is 22.5. The van der Waals surface area contributed by atoms with Crippen LogP contribution in [-0.2, 0) is 9.53 Å². The molecule has 0 aromatic heterocycles. The Balaban J connectivity index is 0.00000180. The monoisotopic (exact) mass is 396 g/mol. The maximum atomic E-state index is 12.1. The van der Waals surface area contributed by atoms with Crippen molar-refractivity contribution in [3.63, 3.8) is 0 Å². The van der Waals surface area contributed by atoms with Crippen LogP contribution in [-0.4, -0.2) is 31.2 Å². The van der Waals surface area contributed by atoms with E-state index in [4.69, 9.17) is 4.74 Å². The summed E-state index contributed by atoms with van der Waals surface area (Å²) < 4.78 is 6.61. The highest BCUT2D eigenvalue weighted by molar-refractivity contribution is 14.1. The molecule has 6 heteroatoms. The molecule has 0 aliphatic carbocycles. The second kappa shape index (κ2) is 7.42. The lowest BCUT2D eigenvalue weighted by Gasteiger charge is -2.29. The summed E-state index contributed by atoms with van der Waals surface area (Å²) in [6.07, 6.45) is -0.0942. The number of carbonyl (C=O) groups is 1. The van der Waals surface area contributed by atoms with E-state index >= 15 is 0 Å². The van der Waals surface area contributed by atoms with Gasteiger partial charge in [0, 0.05) is 15.8 Å². The fourth-order valence-electron chi connectivity index (χ4n) is 1.92. The zero-order valence-corrected chi connectivity index (χ0v) is 13.9. The molecule has 4 nitrogen and oxygen atoms in total. The maximum absolute atomic E-state index is 12.1. The molecular weight excluding hydrogens is 379 g/mol. The number of morpholine rings is 1. The highest BCUT2D eigenvalue weighted by Gasteiger charge is 2.28. The number of rotatable bonds is 2. The van der Waals surface area contributed by atoms with Crippen molar-refractivity contribution in [3.8, 4) is 0 Å². The van der Waals surface area contributed by atoms with Gasteiger partial charge in [-0.1, -0.05) is 6.07 Å². The molecule has 1 heterocycles. The maximum Gasteiger partial charge on any atom is 0.244 e. The quantitative estimate of drug-likeness (QED) is 0.755. The van der Waals surface area contributed by atoms with E-state index in [1.807, 2.05) is 32.0 Å². The molecule has 0 saturated carbocycles. The minimum Gasteiger partial charge on any atom is -0.375 e. The Labute approximate surface area is 133 Å². The average Bonchev–Trinajstić information content (AvgIpc) is 2.34. The van der Waals surface area contributed by atoms with Crippen molar-refractivity contribution in [2.45, 2.75) is 26.0 Å². The SMILES string of the molecule is Cc1ccc(NC(=O)[C@H]2NCCO[C@@H]2C)cc1I.Cl. The largest absolute Gasteiger partial charge is 0.375 e. The molecular formula is C13H18ClIN2O2. The van der Waals surface area contributed by atoms with Crippen LogP contribution in [0.1, 0.15) is 12.5 Å². The van der Waals surface area contributed by atoms with E-state index in [2.05, 4.69) is 33.2 Å². The number of anilines is 1. The molecule has 1 aliphatic heterocycles. The zero-order valence-electron chi connectivity index (χ0n) is 10.9. The number of hydrogen-bond donors (Lipinski definition) is 2. The Bertz CT molecular complexity index is 456. The third-order valence-corrected chi connectivity index (χ3v) is 4.20. The van der Waals surface area contributed by atoms with Crippen molar-refractivity contribution in [1.29, 1.82) is 0 Å². The van der Waals surface area contributed by atoms with Gasteiger partial charge in [-0.2, -0.15) is 0 Å². The van der Waals surface area contributed by atoms with Crippen molar-refractivity contribution in [1.82, 2.24) is 5.32 Å². The number of benzene rings is 1. The van der Waals surface area contributed by atoms with Crippen LogP contribution in [0, 0.1) is 10.5 Å². The first-order chi connectivity index (χ1) is 8.58. The first-order valence-corrected chi connectivity index (χ1v) is 7.08. The van der Waals surface area contributed by atoms with Gasteiger partial charge in [0.1, 0.15) is 6.04 Å². The van der Waals surface area contributed by atoms with Gasteiger partial charge in [0.05, 0.1) is 12.7 Å². The molecule has 19 heavy (non-hydrogen) atoms. The Kier molecular flexibility index (Phi) is 6.52. The minimum absolute atomic E-state index is 0. The summed E-state index contributed by atoms with van der Waals surface area (Å²) >= 11 is 2.26. The summed E-state index contributed by atoms with van der Waals surface area (Å²) in [6.45, 7) is 5.34. The molecule has 1 saturated heterocycles. The van der Waals surface area contributed by atoms with Crippen LogP contribution in [0.25, 0.3) is 0 Å². The Morgan fingerprint density at radius 3 is 2.89 bits per heavy atom. The van der Waals surface area contributed by atoms with Gasteiger partial charge in [-0.15, -0.1) is 12.4 Å². The van der Waals surface area contributed by atoms with Crippen LogP contribution in [0.3, 0.4) is 0 Å².